The van der Waals surface area contributed by atoms with E-state index < -0.39 is 0 Å². The molecule has 0 saturated carbocycles. The van der Waals surface area contributed by atoms with Crippen molar-refractivity contribution in [2.24, 2.45) is 5.92 Å². The van der Waals surface area contributed by atoms with Crippen molar-refractivity contribution in [1.82, 2.24) is 9.80 Å². The molecule has 1 rings (SSSR count). The summed E-state index contributed by atoms with van der Waals surface area (Å²) in [5.41, 5.74) is 2.29. The van der Waals surface area contributed by atoms with Gasteiger partial charge in [0.2, 0.25) is 0 Å². The smallest absolute Gasteiger partial charge is 0.111 e. The van der Waals surface area contributed by atoms with Gasteiger partial charge in [0.05, 0.1) is 0 Å². The van der Waals surface area contributed by atoms with E-state index in [1.54, 1.807) is 0 Å². The molecule has 1 fully saturated rings. The Morgan fingerprint density at radius 1 is 1.33 bits per heavy atom. The minimum absolute atomic E-state index is 0.493. The van der Waals surface area contributed by atoms with E-state index in [2.05, 4.69) is 30.2 Å². The lowest BCUT2D eigenvalue weighted by molar-refractivity contribution is 0.284. The molecule has 1 saturated heterocycles. The van der Waals surface area contributed by atoms with Crippen LogP contribution in [-0.4, -0.2) is 41.1 Å². The Balaban J connectivity index is 2.89. The van der Waals surface area contributed by atoms with Crippen LogP contribution in [0.1, 0.15) is 40.5 Å². The molecule has 3 heteroatoms. The second-order valence-electron chi connectivity index (χ2n) is 5.01. The van der Waals surface area contributed by atoms with Gasteiger partial charge in [-0.3, -0.25) is 0 Å². The molecular formula is C15H28N2O. The summed E-state index contributed by atoms with van der Waals surface area (Å²) in [6, 6.07) is 0. The van der Waals surface area contributed by atoms with Gasteiger partial charge in [-0.2, -0.15) is 0 Å². The van der Waals surface area contributed by atoms with Crippen LogP contribution in [0.25, 0.3) is 0 Å². The Labute approximate surface area is 112 Å². The Morgan fingerprint density at radius 2 is 2.00 bits per heavy atom. The number of aliphatic hydroxyl groups excluding tert-OH is 1. The van der Waals surface area contributed by atoms with Crippen LogP contribution in [0.5, 0.6) is 0 Å². The zero-order valence-corrected chi connectivity index (χ0v) is 12.4. The fraction of sp³-hybridized carbons (Fsp3) is 0.733. The summed E-state index contributed by atoms with van der Waals surface area (Å²) in [6.07, 6.45) is 1.81. The zero-order valence-electron chi connectivity index (χ0n) is 12.4. The maximum absolute atomic E-state index is 9.92. The van der Waals surface area contributed by atoms with E-state index >= 15 is 0 Å². The molecule has 0 spiro atoms. The van der Waals surface area contributed by atoms with Crippen molar-refractivity contribution < 1.29 is 5.11 Å². The topological polar surface area (TPSA) is 26.7 Å². The molecule has 0 aromatic rings. The summed E-state index contributed by atoms with van der Waals surface area (Å²) in [7, 11) is 0. The largest absolute Gasteiger partial charge is 0.511 e. The standard InChI is InChI=1S/C15H28N2O/c1-6-14-11-17(13(5)15(18)7-2)10-9-16(8-3)12(14)4/h14,18H,4,6-11H2,1-3,5H3/b15-13-/t14-/m0/s1. The van der Waals surface area contributed by atoms with Gasteiger partial charge in [-0.25, -0.2) is 0 Å². The van der Waals surface area contributed by atoms with E-state index in [-0.39, 0.29) is 0 Å². The number of rotatable bonds is 4. The van der Waals surface area contributed by atoms with Gasteiger partial charge in [0.15, 0.2) is 0 Å². The maximum atomic E-state index is 9.92. The Hall–Kier alpha value is -1.12. The quantitative estimate of drug-likeness (QED) is 0.777. The van der Waals surface area contributed by atoms with Crippen molar-refractivity contribution in [3.8, 4) is 0 Å². The van der Waals surface area contributed by atoms with Crippen LogP contribution in [-0.2, 0) is 0 Å². The van der Waals surface area contributed by atoms with Crippen LogP contribution in [0.3, 0.4) is 0 Å². The first-order chi connectivity index (χ1) is 8.54. The monoisotopic (exact) mass is 252 g/mol. The van der Waals surface area contributed by atoms with Crippen molar-refractivity contribution >= 4 is 0 Å². The number of likely N-dealkylation sites (N-methyl/N-ethyl adjacent to an activating group) is 1. The van der Waals surface area contributed by atoms with Gasteiger partial charge < -0.3 is 14.9 Å². The molecule has 18 heavy (non-hydrogen) atoms. The van der Waals surface area contributed by atoms with E-state index in [0.29, 0.717) is 18.1 Å². The summed E-state index contributed by atoms with van der Waals surface area (Å²) >= 11 is 0. The molecule has 0 amide bonds. The van der Waals surface area contributed by atoms with Gasteiger partial charge in [-0.05, 0) is 20.3 Å². The molecule has 0 aliphatic carbocycles. The highest BCUT2D eigenvalue weighted by Gasteiger charge is 2.24. The maximum Gasteiger partial charge on any atom is 0.111 e. The molecule has 0 aromatic heterocycles. The molecule has 104 valence electrons. The van der Waals surface area contributed by atoms with Gasteiger partial charge in [-0.1, -0.05) is 20.4 Å². The number of allylic oxidation sites excluding steroid dienone is 2. The first kappa shape index (κ1) is 14.9. The van der Waals surface area contributed by atoms with Crippen LogP contribution in [0.4, 0.5) is 0 Å². The molecule has 0 aromatic carbocycles. The lowest BCUT2D eigenvalue weighted by Crippen LogP contribution is -2.29. The average Bonchev–Trinajstić information content (AvgIpc) is 2.55. The molecule has 1 heterocycles. The number of hydrogen-bond acceptors (Lipinski definition) is 3. The SMILES string of the molecule is C=C1[C@@H](CC)CN(/C(C)=C(\O)CC)CCN1CC. The highest BCUT2D eigenvalue weighted by atomic mass is 16.3. The van der Waals surface area contributed by atoms with E-state index in [0.717, 1.165) is 38.3 Å². The van der Waals surface area contributed by atoms with Gasteiger partial charge >= 0.3 is 0 Å². The molecule has 1 N–H and O–H groups in total. The molecule has 0 radical (unpaired) electrons. The highest BCUT2D eigenvalue weighted by molar-refractivity contribution is 5.09. The van der Waals surface area contributed by atoms with Crippen LogP contribution < -0.4 is 0 Å². The predicted octanol–water partition coefficient (Wildman–Crippen LogP) is 3.36. The summed E-state index contributed by atoms with van der Waals surface area (Å²) in [4.78, 5) is 4.68. The van der Waals surface area contributed by atoms with Crippen molar-refractivity contribution in [3.63, 3.8) is 0 Å². The molecule has 1 aliphatic heterocycles. The van der Waals surface area contributed by atoms with Crippen molar-refractivity contribution in [2.75, 3.05) is 26.2 Å². The van der Waals surface area contributed by atoms with Gasteiger partial charge in [0, 0.05) is 49.9 Å². The Bertz CT molecular complexity index is 322. The van der Waals surface area contributed by atoms with Gasteiger partial charge in [0.25, 0.3) is 0 Å². The summed E-state index contributed by atoms with van der Waals surface area (Å²) < 4.78 is 0. The molecule has 0 bridgehead atoms. The molecule has 3 nitrogen and oxygen atoms in total. The fourth-order valence-corrected chi connectivity index (χ4v) is 2.57. The van der Waals surface area contributed by atoms with Gasteiger partial charge in [0.1, 0.15) is 5.76 Å². The van der Waals surface area contributed by atoms with Gasteiger partial charge in [-0.15, -0.1) is 0 Å². The first-order valence-electron chi connectivity index (χ1n) is 7.12. The molecule has 1 atom stereocenters. The first-order valence-corrected chi connectivity index (χ1v) is 7.12. The number of hydrogen-bond donors (Lipinski definition) is 1. The normalized spacial score (nSPS) is 22.9. The summed E-state index contributed by atoms with van der Waals surface area (Å²) in [5.74, 6) is 1.01. The third-order valence-electron chi connectivity index (χ3n) is 4.06. The van der Waals surface area contributed by atoms with Crippen LogP contribution in [0, 0.1) is 5.92 Å². The second-order valence-corrected chi connectivity index (χ2v) is 5.01. The summed E-state index contributed by atoms with van der Waals surface area (Å²) in [6.45, 7) is 16.6. The highest BCUT2D eigenvalue weighted by Crippen LogP contribution is 2.25. The van der Waals surface area contributed by atoms with Crippen LogP contribution >= 0.6 is 0 Å². The second kappa shape index (κ2) is 6.72. The minimum atomic E-state index is 0.493. The Morgan fingerprint density at radius 3 is 2.50 bits per heavy atom. The average molecular weight is 252 g/mol. The van der Waals surface area contributed by atoms with E-state index in [1.165, 1.54) is 5.70 Å². The zero-order chi connectivity index (χ0) is 13.7. The van der Waals surface area contributed by atoms with Crippen LogP contribution in [0.2, 0.25) is 0 Å². The third-order valence-corrected chi connectivity index (χ3v) is 4.06. The van der Waals surface area contributed by atoms with E-state index in [9.17, 15) is 5.11 Å². The van der Waals surface area contributed by atoms with Crippen molar-refractivity contribution in [3.05, 3.63) is 23.7 Å². The third kappa shape index (κ3) is 3.21. The van der Waals surface area contributed by atoms with Crippen molar-refractivity contribution in [2.45, 2.75) is 40.5 Å². The molecule has 0 unspecified atom stereocenters. The van der Waals surface area contributed by atoms with Crippen molar-refractivity contribution in [1.29, 1.82) is 0 Å². The number of aliphatic hydroxyl groups is 1. The predicted molar refractivity (Wildman–Crippen MR) is 77.4 cm³/mol. The lowest BCUT2D eigenvalue weighted by Gasteiger charge is -2.27. The van der Waals surface area contributed by atoms with E-state index in [4.69, 9.17) is 0 Å². The summed E-state index contributed by atoms with van der Waals surface area (Å²) in [5, 5.41) is 9.92. The molecule has 1 aliphatic rings. The minimum Gasteiger partial charge on any atom is -0.511 e. The number of nitrogens with zero attached hydrogens (tertiary/aromatic N) is 2. The molecular weight excluding hydrogens is 224 g/mol. The Kier molecular flexibility index (Phi) is 5.57. The fourth-order valence-electron chi connectivity index (χ4n) is 2.57. The lowest BCUT2D eigenvalue weighted by atomic mass is 10.0. The van der Waals surface area contributed by atoms with Crippen LogP contribution in [0.15, 0.2) is 23.7 Å². The van der Waals surface area contributed by atoms with E-state index in [1.807, 2.05) is 13.8 Å².